The van der Waals surface area contributed by atoms with E-state index in [1.807, 2.05) is 58.0 Å². The molecule has 2 unspecified atom stereocenters. The number of esters is 1. The molecule has 1 rings (SSSR count). The summed E-state index contributed by atoms with van der Waals surface area (Å²) in [5.74, 6) is -1.20. The Hall–Kier alpha value is -2.37. The molecule has 1 aromatic rings. The van der Waals surface area contributed by atoms with Gasteiger partial charge >= 0.3 is 5.97 Å². The number of nitrogens with one attached hydrogen (secondary N) is 1. The van der Waals surface area contributed by atoms with E-state index in [2.05, 4.69) is 10.1 Å². The number of carbonyl (C=O) groups is 3. The lowest BCUT2D eigenvalue weighted by Crippen LogP contribution is -2.42. The van der Waals surface area contributed by atoms with Crippen molar-refractivity contribution in [2.45, 2.75) is 60.6 Å². The Morgan fingerprint density at radius 3 is 2.19 bits per heavy atom. The summed E-state index contributed by atoms with van der Waals surface area (Å²) in [6.45, 7) is 11.7. The van der Waals surface area contributed by atoms with Gasteiger partial charge in [-0.1, -0.05) is 58.0 Å². The van der Waals surface area contributed by atoms with Crippen molar-refractivity contribution >= 4 is 18.3 Å². The lowest BCUT2D eigenvalue weighted by molar-refractivity contribution is -0.150. The van der Waals surface area contributed by atoms with Gasteiger partial charge in [0.05, 0.1) is 12.5 Å². The Morgan fingerprint density at radius 1 is 1.12 bits per heavy atom. The Bertz CT molecular complexity index is 490. The summed E-state index contributed by atoms with van der Waals surface area (Å²) in [6.07, 6.45) is 0.347. The van der Waals surface area contributed by atoms with Crippen molar-refractivity contribution in [3.8, 4) is 0 Å². The summed E-state index contributed by atoms with van der Waals surface area (Å²) in [5, 5.41) is 2.68. The summed E-state index contributed by atoms with van der Waals surface area (Å²) in [5.41, 5.74) is 0.892. The molecule has 0 saturated carbocycles. The summed E-state index contributed by atoms with van der Waals surface area (Å²) < 4.78 is 9.88. The third-order valence-corrected chi connectivity index (χ3v) is 3.20. The Kier molecular flexibility index (Phi) is 17.4. The van der Waals surface area contributed by atoms with Crippen LogP contribution in [0.3, 0.4) is 0 Å². The van der Waals surface area contributed by atoms with Gasteiger partial charge in [0.15, 0.2) is 0 Å². The highest BCUT2D eigenvalue weighted by Gasteiger charge is 2.26. The summed E-state index contributed by atoms with van der Waals surface area (Å²) in [7, 11) is 0. The molecule has 0 saturated heterocycles. The zero-order valence-corrected chi connectivity index (χ0v) is 16.8. The van der Waals surface area contributed by atoms with Crippen LogP contribution >= 0.6 is 0 Å². The molecule has 0 aliphatic heterocycles. The third-order valence-electron chi connectivity index (χ3n) is 3.20. The average molecular weight is 367 g/mol. The second kappa shape index (κ2) is 17.5. The number of carbonyl (C=O) groups excluding carboxylic acids is 3. The van der Waals surface area contributed by atoms with Gasteiger partial charge in [0, 0.05) is 19.4 Å². The molecule has 148 valence electrons. The standard InChI is InChI=1S/C16H21NO5.2C2H6/c1-12(15(17-13(2)19)8-9-21-11-18)16(20)22-10-14-6-4-3-5-7-14;2*1-2/h3-7,11-12,15H,8-10H2,1-2H3,(H,17,19);2*1-2H3. The van der Waals surface area contributed by atoms with Crippen molar-refractivity contribution in [1.29, 1.82) is 0 Å². The highest BCUT2D eigenvalue weighted by atomic mass is 16.5. The normalized spacial score (nSPS) is 11.3. The van der Waals surface area contributed by atoms with Crippen LogP contribution in [0.5, 0.6) is 0 Å². The van der Waals surface area contributed by atoms with Gasteiger partial charge in [-0.3, -0.25) is 14.4 Å². The van der Waals surface area contributed by atoms with Crippen molar-refractivity contribution < 1.29 is 23.9 Å². The second-order valence-electron chi connectivity index (χ2n) is 4.94. The van der Waals surface area contributed by atoms with Gasteiger partial charge in [-0.25, -0.2) is 0 Å². The molecule has 26 heavy (non-hydrogen) atoms. The second-order valence-corrected chi connectivity index (χ2v) is 4.94. The van der Waals surface area contributed by atoms with Crippen LogP contribution in [-0.2, 0) is 30.5 Å². The van der Waals surface area contributed by atoms with E-state index in [0.29, 0.717) is 12.9 Å². The Labute approximate surface area is 157 Å². The quantitative estimate of drug-likeness (QED) is 0.410. The predicted octanol–water partition coefficient (Wildman–Crippen LogP) is 3.49. The van der Waals surface area contributed by atoms with E-state index in [1.165, 1.54) is 6.92 Å². The van der Waals surface area contributed by atoms with E-state index >= 15 is 0 Å². The highest BCUT2D eigenvalue weighted by molar-refractivity contribution is 5.76. The molecule has 0 heterocycles. The maximum Gasteiger partial charge on any atom is 0.311 e. The topological polar surface area (TPSA) is 81.7 Å². The number of rotatable bonds is 9. The van der Waals surface area contributed by atoms with E-state index in [1.54, 1.807) is 6.92 Å². The first-order valence-corrected chi connectivity index (χ1v) is 9.07. The van der Waals surface area contributed by atoms with Crippen LogP contribution in [0.25, 0.3) is 0 Å². The average Bonchev–Trinajstić information content (AvgIpc) is 2.68. The fraction of sp³-hybridized carbons (Fsp3) is 0.550. The third kappa shape index (κ3) is 12.1. The van der Waals surface area contributed by atoms with Crippen molar-refractivity contribution in [3.05, 3.63) is 35.9 Å². The molecule has 0 spiro atoms. The minimum atomic E-state index is -0.539. The van der Waals surface area contributed by atoms with Gasteiger partial charge in [-0.2, -0.15) is 0 Å². The molecular weight excluding hydrogens is 334 g/mol. The largest absolute Gasteiger partial charge is 0.468 e. The molecule has 0 aliphatic carbocycles. The molecule has 0 radical (unpaired) electrons. The molecule has 1 amide bonds. The van der Waals surface area contributed by atoms with Crippen LogP contribution in [0.1, 0.15) is 53.5 Å². The molecule has 1 aromatic carbocycles. The van der Waals surface area contributed by atoms with Crippen LogP contribution < -0.4 is 5.32 Å². The van der Waals surface area contributed by atoms with Crippen LogP contribution in [0, 0.1) is 5.92 Å². The first kappa shape index (κ1) is 25.9. The summed E-state index contributed by atoms with van der Waals surface area (Å²) in [4.78, 5) is 33.5. The van der Waals surface area contributed by atoms with Gasteiger partial charge in [-0.15, -0.1) is 0 Å². The van der Waals surface area contributed by atoms with Crippen LogP contribution in [0.4, 0.5) is 0 Å². The first-order chi connectivity index (χ1) is 12.5. The maximum atomic E-state index is 12.1. The lowest BCUT2D eigenvalue weighted by Gasteiger charge is -2.23. The number of hydrogen-bond donors (Lipinski definition) is 1. The van der Waals surface area contributed by atoms with E-state index in [0.717, 1.165) is 5.56 Å². The lowest BCUT2D eigenvalue weighted by atomic mass is 9.99. The highest BCUT2D eigenvalue weighted by Crippen LogP contribution is 2.12. The molecule has 2 atom stereocenters. The van der Waals surface area contributed by atoms with Crippen LogP contribution in [0.15, 0.2) is 30.3 Å². The molecular formula is C20H33NO5. The van der Waals surface area contributed by atoms with Crippen molar-refractivity contribution in [1.82, 2.24) is 5.32 Å². The van der Waals surface area contributed by atoms with E-state index < -0.39 is 17.9 Å². The Balaban J connectivity index is 0. The molecule has 0 bridgehead atoms. The summed E-state index contributed by atoms with van der Waals surface area (Å²) in [6, 6.07) is 8.89. The van der Waals surface area contributed by atoms with Gasteiger partial charge in [0.25, 0.3) is 6.47 Å². The van der Waals surface area contributed by atoms with E-state index in [9.17, 15) is 14.4 Å². The number of benzene rings is 1. The molecule has 0 aliphatic rings. The molecule has 0 aromatic heterocycles. The minimum absolute atomic E-state index is 0.130. The molecule has 0 fully saturated rings. The number of amides is 1. The van der Waals surface area contributed by atoms with Crippen molar-refractivity contribution in [2.75, 3.05) is 6.61 Å². The fourth-order valence-electron chi connectivity index (χ4n) is 1.98. The fourth-order valence-corrected chi connectivity index (χ4v) is 1.98. The Morgan fingerprint density at radius 2 is 1.69 bits per heavy atom. The molecule has 6 heteroatoms. The zero-order valence-electron chi connectivity index (χ0n) is 16.8. The first-order valence-electron chi connectivity index (χ1n) is 9.07. The molecule has 1 N–H and O–H groups in total. The van der Waals surface area contributed by atoms with Crippen LogP contribution in [0.2, 0.25) is 0 Å². The smallest absolute Gasteiger partial charge is 0.311 e. The molecule has 6 nitrogen and oxygen atoms in total. The van der Waals surface area contributed by atoms with Crippen LogP contribution in [-0.4, -0.2) is 31.0 Å². The van der Waals surface area contributed by atoms with E-state index in [4.69, 9.17) is 4.74 Å². The number of ether oxygens (including phenoxy) is 2. The van der Waals surface area contributed by atoms with Crippen molar-refractivity contribution in [2.24, 2.45) is 5.92 Å². The maximum absolute atomic E-state index is 12.1. The van der Waals surface area contributed by atoms with E-state index in [-0.39, 0.29) is 19.1 Å². The predicted molar refractivity (Wildman–Crippen MR) is 102 cm³/mol. The SMILES string of the molecule is CC.CC.CC(=O)NC(CCOC=O)C(C)C(=O)OCc1ccccc1. The van der Waals surface area contributed by atoms with Gasteiger partial charge in [-0.05, 0) is 12.5 Å². The van der Waals surface area contributed by atoms with Gasteiger partial charge < -0.3 is 14.8 Å². The van der Waals surface area contributed by atoms with Gasteiger partial charge in [0.1, 0.15) is 6.61 Å². The number of hydrogen-bond acceptors (Lipinski definition) is 5. The minimum Gasteiger partial charge on any atom is -0.468 e. The monoisotopic (exact) mass is 367 g/mol. The summed E-state index contributed by atoms with van der Waals surface area (Å²) >= 11 is 0. The van der Waals surface area contributed by atoms with Crippen molar-refractivity contribution in [3.63, 3.8) is 0 Å². The zero-order chi connectivity index (χ0) is 20.4. The van der Waals surface area contributed by atoms with Gasteiger partial charge in [0.2, 0.25) is 5.91 Å².